The Bertz CT molecular complexity index is 900. The number of thioether (sulfide) groups is 2. The second-order valence-electron chi connectivity index (χ2n) is 9.25. The summed E-state index contributed by atoms with van der Waals surface area (Å²) < 4.78 is 0. The number of amides is 3. The number of carboxylic acids is 1. The third-order valence-corrected chi connectivity index (χ3v) is 9.52. The zero-order valence-corrected chi connectivity index (χ0v) is 21.7. The van der Waals surface area contributed by atoms with Crippen LogP contribution in [-0.4, -0.2) is 92.4 Å². The SMILES string of the molecule is CCSC(C(=O)NC(CN)CC(N)=O)[C@@H]1C[C@H](SC2=C(C(=O)O)N3C(=O)[C@H]([C@@H](C)O)[C@H]3[C@H]2C)CN1. The molecule has 3 rings (SSSR count). The van der Waals surface area contributed by atoms with Crippen LogP contribution in [0.15, 0.2) is 10.6 Å². The first-order valence-electron chi connectivity index (χ1n) is 11.8. The Morgan fingerprint density at radius 1 is 1.34 bits per heavy atom. The van der Waals surface area contributed by atoms with Crippen LogP contribution in [0.4, 0.5) is 0 Å². The lowest BCUT2D eigenvalue weighted by molar-refractivity contribution is -0.163. The third kappa shape index (κ3) is 5.63. The zero-order chi connectivity index (χ0) is 26.0. The molecule has 2 fully saturated rings. The Kier molecular flexibility index (Phi) is 9.13. The number of nitrogens with two attached hydrogens (primary N) is 2. The van der Waals surface area contributed by atoms with Gasteiger partial charge in [0.1, 0.15) is 5.70 Å². The van der Waals surface area contributed by atoms with E-state index in [1.807, 2.05) is 13.8 Å². The van der Waals surface area contributed by atoms with Gasteiger partial charge in [-0.2, -0.15) is 0 Å². The quantitative estimate of drug-likeness (QED) is 0.172. The molecule has 0 aliphatic carbocycles. The van der Waals surface area contributed by atoms with Gasteiger partial charge in [-0.1, -0.05) is 13.8 Å². The summed E-state index contributed by atoms with van der Waals surface area (Å²) >= 11 is 2.93. The fraction of sp³-hybridized carbons (Fsp3) is 0.727. The van der Waals surface area contributed by atoms with Crippen molar-refractivity contribution < 1.29 is 29.4 Å². The van der Waals surface area contributed by atoms with Crippen LogP contribution in [0.5, 0.6) is 0 Å². The minimum absolute atomic E-state index is 0.00677. The number of carbonyl (C=O) groups is 4. The second kappa shape index (κ2) is 11.5. The first kappa shape index (κ1) is 27.8. The van der Waals surface area contributed by atoms with Crippen LogP contribution in [0.1, 0.15) is 33.6 Å². The van der Waals surface area contributed by atoms with Gasteiger partial charge < -0.3 is 37.2 Å². The maximum Gasteiger partial charge on any atom is 0.353 e. The van der Waals surface area contributed by atoms with Crippen LogP contribution in [0.25, 0.3) is 0 Å². The van der Waals surface area contributed by atoms with E-state index in [2.05, 4.69) is 10.6 Å². The number of aliphatic hydroxyl groups excluding tert-OH is 1. The van der Waals surface area contributed by atoms with E-state index in [-0.39, 0.29) is 53.7 Å². The maximum atomic E-state index is 13.0. The molecule has 0 bridgehead atoms. The topological polar surface area (TPSA) is 188 Å². The molecule has 3 amide bonds. The average molecular weight is 530 g/mol. The van der Waals surface area contributed by atoms with Gasteiger partial charge in [-0.3, -0.25) is 14.4 Å². The van der Waals surface area contributed by atoms with E-state index < -0.39 is 35.2 Å². The second-order valence-corrected chi connectivity index (χ2v) is 12.0. The largest absolute Gasteiger partial charge is 0.477 e. The van der Waals surface area contributed by atoms with Gasteiger partial charge >= 0.3 is 5.97 Å². The Labute approximate surface area is 213 Å². The summed E-state index contributed by atoms with van der Waals surface area (Å²) in [4.78, 5) is 50.8. The number of carboxylic acid groups (broad SMARTS) is 1. The van der Waals surface area contributed by atoms with Crippen LogP contribution >= 0.6 is 23.5 Å². The van der Waals surface area contributed by atoms with Crippen molar-refractivity contribution in [3.8, 4) is 0 Å². The van der Waals surface area contributed by atoms with E-state index in [4.69, 9.17) is 11.5 Å². The highest BCUT2D eigenvalue weighted by Crippen LogP contribution is 2.52. The lowest BCUT2D eigenvalue weighted by Crippen LogP contribution is -2.63. The Balaban J connectivity index is 1.70. The van der Waals surface area contributed by atoms with Crippen LogP contribution in [-0.2, 0) is 19.2 Å². The molecule has 13 heteroatoms. The van der Waals surface area contributed by atoms with Crippen molar-refractivity contribution in [1.82, 2.24) is 15.5 Å². The fourth-order valence-corrected chi connectivity index (χ4v) is 7.70. The van der Waals surface area contributed by atoms with E-state index in [1.165, 1.54) is 28.4 Å². The summed E-state index contributed by atoms with van der Waals surface area (Å²) in [5.74, 6) is -2.35. The molecule has 3 aliphatic rings. The smallest absolute Gasteiger partial charge is 0.353 e. The molecular formula is C22H35N5O6S2. The highest BCUT2D eigenvalue weighted by Gasteiger charge is 2.60. The van der Waals surface area contributed by atoms with Gasteiger partial charge in [0.2, 0.25) is 17.7 Å². The maximum absolute atomic E-state index is 13.0. The van der Waals surface area contributed by atoms with Gasteiger partial charge in [-0.25, -0.2) is 4.79 Å². The number of fused-ring (bicyclic) bond motifs is 1. The van der Waals surface area contributed by atoms with Gasteiger partial charge in [-0.05, 0) is 19.1 Å². The Morgan fingerprint density at radius 3 is 2.57 bits per heavy atom. The summed E-state index contributed by atoms with van der Waals surface area (Å²) in [6.07, 6.45) is -0.253. The summed E-state index contributed by atoms with van der Waals surface area (Å²) in [5, 5.41) is 25.7. The normalized spacial score (nSPS) is 30.5. The molecule has 0 radical (unpaired) electrons. The summed E-state index contributed by atoms with van der Waals surface area (Å²) in [6.45, 7) is 6.08. The number of nitrogens with one attached hydrogen (secondary N) is 2. The number of hydrogen-bond acceptors (Lipinski definition) is 9. The first-order chi connectivity index (χ1) is 16.5. The van der Waals surface area contributed by atoms with Crippen molar-refractivity contribution in [3.63, 3.8) is 0 Å². The molecule has 35 heavy (non-hydrogen) atoms. The van der Waals surface area contributed by atoms with Crippen LogP contribution < -0.4 is 22.1 Å². The Hall–Kier alpha value is -1.80. The lowest BCUT2D eigenvalue weighted by Gasteiger charge is -2.46. The Morgan fingerprint density at radius 2 is 2.03 bits per heavy atom. The third-order valence-electron chi connectivity index (χ3n) is 6.78. The molecule has 196 valence electrons. The van der Waals surface area contributed by atoms with E-state index in [9.17, 15) is 29.4 Å². The monoisotopic (exact) mass is 529 g/mol. The average Bonchev–Trinajstić information content (AvgIpc) is 3.32. The fourth-order valence-electron chi connectivity index (χ4n) is 5.18. The number of aliphatic carboxylic acids is 1. The molecule has 8 N–H and O–H groups in total. The predicted octanol–water partition coefficient (Wildman–Crippen LogP) is -0.956. The predicted molar refractivity (Wildman–Crippen MR) is 134 cm³/mol. The van der Waals surface area contributed by atoms with Crippen molar-refractivity contribution in [2.45, 2.75) is 68.3 Å². The highest BCUT2D eigenvalue weighted by molar-refractivity contribution is 8.03. The molecule has 3 heterocycles. The molecule has 2 saturated heterocycles. The minimum Gasteiger partial charge on any atom is -0.477 e. The zero-order valence-electron chi connectivity index (χ0n) is 20.1. The van der Waals surface area contributed by atoms with Crippen molar-refractivity contribution in [2.24, 2.45) is 23.3 Å². The number of β-lactam (4-membered cyclic amide) rings is 1. The number of aliphatic hydroxyl groups is 1. The number of carbonyl (C=O) groups excluding carboxylic acids is 3. The molecule has 0 aromatic carbocycles. The highest BCUT2D eigenvalue weighted by atomic mass is 32.2. The van der Waals surface area contributed by atoms with Gasteiger partial charge in [0.05, 0.1) is 23.3 Å². The number of primary amides is 1. The molecule has 11 nitrogen and oxygen atoms in total. The van der Waals surface area contributed by atoms with Crippen LogP contribution in [0, 0.1) is 11.8 Å². The molecule has 3 aliphatic heterocycles. The van der Waals surface area contributed by atoms with Gasteiger partial charge in [-0.15, -0.1) is 23.5 Å². The van der Waals surface area contributed by atoms with Crippen molar-refractivity contribution in [2.75, 3.05) is 18.8 Å². The van der Waals surface area contributed by atoms with Crippen molar-refractivity contribution >= 4 is 47.2 Å². The number of hydrogen-bond donors (Lipinski definition) is 6. The molecule has 0 aromatic heterocycles. The van der Waals surface area contributed by atoms with Gasteiger partial charge in [0, 0.05) is 47.7 Å². The van der Waals surface area contributed by atoms with Crippen molar-refractivity contribution in [1.29, 1.82) is 0 Å². The van der Waals surface area contributed by atoms with Gasteiger partial charge in [0.15, 0.2) is 0 Å². The van der Waals surface area contributed by atoms with Crippen LogP contribution in [0.3, 0.4) is 0 Å². The van der Waals surface area contributed by atoms with E-state index in [0.29, 0.717) is 23.6 Å². The summed E-state index contributed by atoms with van der Waals surface area (Å²) in [5.41, 5.74) is 10.9. The molecular weight excluding hydrogens is 494 g/mol. The van der Waals surface area contributed by atoms with Crippen molar-refractivity contribution in [3.05, 3.63) is 10.6 Å². The number of rotatable bonds is 12. The standard InChI is InChI=1S/C22H35N5O6S2/c1-4-34-19(20(30)26-11(7-23)5-14(24)29)13-6-12(8-25-13)35-18-9(2)16-15(10(3)28)21(31)27(16)17(18)22(32)33/h9-13,15-16,19,25,28H,4-8,23H2,1-3H3,(H2,24,29)(H,26,30)(H,32,33)/t9-,10-,11?,12+,13+,15-,16-,19?/m1/s1. The van der Waals surface area contributed by atoms with Crippen LogP contribution in [0.2, 0.25) is 0 Å². The van der Waals surface area contributed by atoms with E-state index in [0.717, 1.165) is 0 Å². The molecule has 0 spiro atoms. The minimum atomic E-state index is -1.15. The summed E-state index contributed by atoms with van der Waals surface area (Å²) in [6, 6.07) is -1.04. The van der Waals surface area contributed by atoms with E-state index in [1.54, 1.807) is 6.92 Å². The number of nitrogens with zero attached hydrogens (tertiary/aromatic N) is 1. The molecule has 0 aromatic rings. The lowest BCUT2D eigenvalue weighted by atomic mass is 9.79. The molecule has 0 saturated carbocycles. The van der Waals surface area contributed by atoms with Gasteiger partial charge in [0.25, 0.3) is 0 Å². The first-order valence-corrected chi connectivity index (χ1v) is 13.7. The van der Waals surface area contributed by atoms with E-state index >= 15 is 0 Å². The summed E-state index contributed by atoms with van der Waals surface area (Å²) in [7, 11) is 0. The molecule has 8 atom stereocenters. The molecule has 2 unspecified atom stereocenters.